The summed E-state index contributed by atoms with van der Waals surface area (Å²) in [7, 11) is 0. The van der Waals surface area contributed by atoms with Crippen LogP contribution in [0.25, 0.3) is 0 Å². The molecule has 1 amide bonds. The SMILES string of the molecule is CCCCCC/C=C\CCCCCCCCCC(=O)NC(COC1OC(CO)C(O)C(O)C1O)C(O)/C=C/CCCCCCCCCC. The van der Waals surface area contributed by atoms with Crippen LogP contribution in [0, 0.1) is 0 Å². The Bertz CT molecular complexity index is 807. The molecule has 0 saturated carbocycles. The van der Waals surface area contributed by atoms with Gasteiger partial charge in [-0.05, 0) is 44.9 Å². The van der Waals surface area contributed by atoms with E-state index < -0.39 is 49.5 Å². The van der Waals surface area contributed by atoms with Gasteiger partial charge in [-0.25, -0.2) is 0 Å². The van der Waals surface area contributed by atoms with Crippen LogP contribution in [-0.2, 0) is 14.3 Å². The first-order chi connectivity index (χ1) is 23.3. The Morgan fingerprint density at radius 1 is 0.688 bits per heavy atom. The summed E-state index contributed by atoms with van der Waals surface area (Å²) >= 11 is 0. The lowest BCUT2D eigenvalue weighted by atomic mass is 9.99. The zero-order valence-corrected chi connectivity index (χ0v) is 30.5. The minimum atomic E-state index is -1.56. The van der Waals surface area contributed by atoms with Gasteiger partial charge >= 0.3 is 0 Å². The fraction of sp³-hybridized carbons (Fsp3) is 0.872. The molecule has 7 unspecified atom stereocenters. The number of aliphatic hydroxyl groups is 5. The topological polar surface area (TPSA) is 149 Å². The van der Waals surface area contributed by atoms with Gasteiger partial charge in [-0.2, -0.15) is 0 Å². The number of rotatable bonds is 31. The van der Waals surface area contributed by atoms with E-state index in [2.05, 4.69) is 31.3 Å². The van der Waals surface area contributed by atoms with E-state index in [4.69, 9.17) is 9.47 Å². The first kappa shape index (κ1) is 44.7. The maximum atomic E-state index is 12.8. The molecule has 7 atom stereocenters. The van der Waals surface area contributed by atoms with E-state index >= 15 is 0 Å². The van der Waals surface area contributed by atoms with Crippen LogP contribution in [0.4, 0.5) is 0 Å². The van der Waals surface area contributed by atoms with E-state index in [1.54, 1.807) is 6.08 Å². The van der Waals surface area contributed by atoms with E-state index in [-0.39, 0.29) is 12.5 Å². The number of hydrogen-bond donors (Lipinski definition) is 6. The largest absolute Gasteiger partial charge is 0.394 e. The fourth-order valence-electron chi connectivity index (χ4n) is 6.03. The number of hydrogen-bond acceptors (Lipinski definition) is 8. The van der Waals surface area contributed by atoms with Crippen LogP contribution in [0.3, 0.4) is 0 Å². The summed E-state index contributed by atoms with van der Waals surface area (Å²) < 4.78 is 11.1. The van der Waals surface area contributed by atoms with Gasteiger partial charge in [-0.3, -0.25) is 4.79 Å². The molecule has 1 aliphatic rings. The molecule has 282 valence electrons. The molecule has 6 N–H and O–H groups in total. The summed E-state index contributed by atoms with van der Waals surface area (Å²) in [6.45, 7) is 3.71. The molecule has 1 rings (SSSR count). The number of unbranched alkanes of at least 4 members (excludes halogenated alkanes) is 19. The molecule has 0 bridgehead atoms. The van der Waals surface area contributed by atoms with Gasteiger partial charge in [0.05, 0.1) is 25.4 Å². The Morgan fingerprint density at radius 2 is 1.17 bits per heavy atom. The number of allylic oxidation sites excluding steroid dienone is 3. The average Bonchev–Trinajstić information content (AvgIpc) is 3.08. The zero-order chi connectivity index (χ0) is 35.2. The van der Waals surface area contributed by atoms with Crippen LogP contribution in [0.15, 0.2) is 24.3 Å². The summed E-state index contributed by atoms with van der Waals surface area (Å²) in [5, 5.41) is 53.8. The molecule has 0 aromatic heterocycles. The van der Waals surface area contributed by atoms with Crippen molar-refractivity contribution in [3.05, 3.63) is 24.3 Å². The van der Waals surface area contributed by atoms with Crippen molar-refractivity contribution in [1.82, 2.24) is 5.32 Å². The number of amides is 1. The number of nitrogens with one attached hydrogen (secondary N) is 1. The second-order valence-electron chi connectivity index (χ2n) is 13.7. The Balaban J connectivity index is 2.43. The third kappa shape index (κ3) is 21.7. The molecule has 1 heterocycles. The Labute approximate surface area is 292 Å². The maximum absolute atomic E-state index is 12.8. The molecule has 0 aliphatic carbocycles. The molecule has 0 aromatic rings. The third-order valence-corrected chi connectivity index (χ3v) is 9.27. The van der Waals surface area contributed by atoms with E-state index in [9.17, 15) is 30.3 Å². The van der Waals surface area contributed by atoms with Gasteiger partial charge in [0, 0.05) is 6.42 Å². The monoisotopic (exact) mass is 684 g/mol. The summed E-state index contributed by atoms with van der Waals surface area (Å²) in [4.78, 5) is 12.8. The molecule has 0 aromatic carbocycles. The number of carbonyl (C=O) groups is 1. The van der Waals surface area contributed by atoms with Gasteiger partial charge in [0.1, 0.15) is 24.4 Å². The predicted octanol–water partition coefficient (Wildman–Crippen LogP) is 6.77. The molecule has 1 fully saturated rings. The molecular formula is C39H73NO8. The zero-order valence-electron chi connectivity index (χ0n) is 30.5. The van der Waals surface area contributed by atoms with Gasteiger partial charge in [-0.15, -0.1) is 0 Å². The summed E-state index contributed by atoms with van der Waals surface area (Å²) in [5.41, 5.74) is 0. The second kappa shape index (κ2) is 30.5. The first-order valence-corrected chi connectivity index (χ1v) is 19.6. The van der Waals surface area contributed by atoms with Crippen LogP contribution < -0.4 is 5.32 Å². The quantitative estimate of drug-likeness (QED) is 0.0346. The normalized spacial score (nSPS) is 22.9. The first-order valence-electron chi connectivity index (χ1n) is 19.6. The lowest BCUT2D eigenvalue weighted by Gasteiger charge is -2.40. The lowest BCUT2D eigenvalue weighted by molar-refractivity contribution is -0.302. The Hall–Kier alpha value is -1.33. The average molecular weight is 684 g/mol. The van der Waals surface area contributed by atoms with Gasteiger partial charge in [0.25, 0.3) is 0 Å². The van der Waals surface area contributed by atoms with Crippen molar-refractivity contribution in [3.63, 3.8) is 0 Å². The van der Waals surface area contributed by atoms with Crippen molar-refractivity contribution in [2.24, 2.45) is 0 Å². The van der Waals surface area contributed by atoms with E-state index in [1.807, 2.05) is 6.08 Å². The highest BCUT2D eigenvalue weighted by atomic mass is 16.7. The van der Waals surface area contributed by atoms with Gasteiger partial charge in [-0.1, -0.05) is 134 Å². The predicted molar refractivity (Wildman–Crippen MR) is 193 cm³/mol. The highest BCUT2D eigenvalue weighted by Gasteiger charge is 2.44. The van der Waals surface area contributed by atoms with E-state index in [0.717, 1.165) is 44.9 Å². The number of aliphatic hydroxyl groups excluding tert-OH is 5. The summed E-state index contributed by atoms with van der Waals surface area (Å²) in [6.07, 6.45) is 26.5. The molecule has 1 saturated heterocycles. The third-order valence-electron chi connectivity index (χ3n) is 9.27. The highest BCUT2D eigenvalue weighted by molar-refractivity contribution is 5.76. The molecular weight excluding hydrogens is 610 g/mol. The van der Waals surface area contributed by atoms with Crippen LogP contribution >= 0.6 is 0 Å². The Morgan fingerprint density at radius 3 is 1.71 bits per heavy atom. The fourth-order valence-corrected chi connectivity index (χ4v) is 6.03. The minimum Gasteiger partial charge on any atom is -0.394 e. The molecule has 1 aliphatic heterocycles. The maximum Gasteiger partial charge on any atom is 0.220 e. The van der Waals surface area contributed by atoms with Crippen molar-refractivity contribution >= 4 is 5.91 Å². The van der Waals surface area contributed by atoms with E-state index in [1.165, 1.54) is 96.3 Å². The van der Waals surface area contributed by atoms with Crippen LogP contribution in [0.1, 0.15) is 162 Å². The smallest absolute Gasteiger partial charge is 0.220 e. The molecule has 0 radical (unpaired) electrons. The van der Waals surface area contributed by atoms with Crippen molar-refractivity contribution < 1.29 is 39.8 Å². The van der Waals surface area contributed by atoms with Crippen molar-refractivity contribution in [2.45, 2.75) is 204 Å². The van der Waals surface area contributed by atoms with E-state index in [0.29, 0.717) is 6.42 Å². The molecule has 48 heavy (non-hydrogen) atoms. The number of ether oxygens (including phenoxy) is 2. The minimum absolute atomic E-state index is 0.186. The molecule has 0 spiro atoms. The second-order valence-corrected chi connectivity index (χ2v) is 13.7. The summed E-state index contributed by atoms with van der Waals surface area (Å²) in [6, 6.07) is -0.801. The van der Waals surface area contributed by atoms with Crippen molar-refractivity contribution in [3.8, 4) is 0 Å². The van der Waals surface area contributed by atoms with Gasteiger partial charge in [0.2, 0.25) is 5.91 Å². The van der Waals surface area contributed by atoms with Crippen LogP contribution in [-0.4, -0.2) is 87.5 Å². The summed E-state index contributed by atoms with van der Waals surface area (Å²) in [5.74, 6) is -0.186. The van der Waals surface area contributed by atoms with Crippen LogP contribution in [0.5, 0.6) is 0 Å². The lowest BCUT2D eigenvalue weighted by Crippen LogP contribution is -2.60. The Kier molecular flexibility index (Phi) is 28.4. The van der Waals surface area contributed by atoms with Crippen LogP contribution in [0.2, 0.25) is 0 Å². The molecule has 9 heteroatoms. The standard InChI is InChI=1S/C39H73NO8/c1-3-5-7-9-11-13-15-16-17-18-19-21-23-25-27-29-35(43)40-32(31-47-39-38(46)37(45)36(44)34(30-41)48-39)33(42)28-26-24-22-20-14-12-10-8-6-4-2/h13,15,26,28,32-34,36-39,41-42,44-46H,3-12,14,16-25,27,29-31H2,1-2H3,(H,40,43)/b15-13-,28-26+. The number of carbonyl (C=O) groups excluding carboxylic acids is 1. The van der Waals surface area contributed by atoms with Gasteiger partial charge < -0.3 is 40.3 Å². The van der Waals surface area contributed by atoms with Crippen molar-refractivity contribution in [2.75, 3.05) is 13.2 Å². The molecule has 9 nitrogen and oxygen atoms in total. The van der Waals surface area contributed by atoms with Crippen molar-refractivity contribution in [1.29, 1.82) is 0 Å². The van der Waals surface area contributed by atoms with Gasteiger partial charge in [0.15, 0.2) is 6.29 Å². The highest BCUT2D eigenvalue weighted by Crippen LogP contribution is 2.22.